The summed E-state index contributed by atoms with van der Waals surface area (Å²) in [5, 5.41) is 20.4. The Bertz CT molecular complexity index is 523. The number of aliphatic hydroxyl groups is 2. The van der Waals surface area contributed by atoms with E-state index < -0.39 is 18.4 Å². The van der Waals surface area contributed by atoms with Crippen LogP contribution in [0.2, 0.25) is 0 Å². The standard InChI is InChI=1S/C19H29FO3/c1-18-6-5-10(21)7-13(18)14(20)8-11-12-3-4-16(23)19(12,2)9-15(22)17(11)18/h10-14,16-17,21,23H,3-9H2,1-2H3/t10-,11-,12-,13+,14-,16-,17+,18-,19-/m0/s1. The summed E-state index contributed by atoms with van der Waals surface area (Å²) in [6.45, 7) is 4.13. The highest BCUT2D eigenvalue weighted by Gasteiger charge is 2.65. The average molecular weight is 324 g/mol. The van der Waals surface area contributed by atoms with E-state index in [1.165, 1.54) is 0 Å². The van der Waals surface area contributed by atoms with Gasteiger partial charge < -0.3 is 10.2 Å². The molecule has 0 unspecified atom stereocenters. The van der Waals surface area contributed by atoms with Crippen molar-refractivity contribution in [3.8, 4) is 0 Å². The van der Waals surface area contributed by atoms with Crippen molar-refractivity contribution in [2.75, 3.05) is 0 Å². The van der Waals surface area contributed by atoms with Gasteiger partial charge in [0, 0.05) is 17.8 Å². The molecule has 0 aromatic rings. The van der Waals surface area contributed by atoms with E-state index in [1.54, 1.807) is 0 Å². The molecule has 4 aliphatic carbocycles. The van der Waals surface area contributed by atoms with E-state index in [0.717, 1.165) is 19.3 Å². The van der Waals surface area contributed by atoms with Crippen LogP contribution in [0.1, 0.15) is 58.8 Å². The van der Waals surface area contributed by atoms with Gasteiger partial charge in [-0.3, -0.25) is 4.79 Å². The SMILES string of the molecule is C[C@]12CC[C@H](O)C[C@@H]1[C@@H](F)C[C@H]1[C@@H]3CC[C@H](O)[C@@]3(C)CC(=O)[C@@H]12. The van der Waals surface area contributed by atoms with Crippen molar-refractivity contribution < 1.29 is 19.4 Å². The van der Waals surface area contributed by atoms with Crippen LogP contribution in [0.15, 0.2) is 0 Å². The second-order valence-corrected chi connectivity index (χ2v) is 9.28. The second kappa shape index (κ2) is 5.01. The zero-order valence-corrected chi connectivity index (χ0v) is 14.2. The van der Waals surface area contributed by atoms with E-state index in [1.807, 2.05) is 6.92 Å². The van der Waals surface area contributed by atoms with Gasteiger partial charge in [0.1, 0.15) is 12.0 Å². The Morgan fingerprint density at radius 1 is 1.04 bits per heavy atom. The molecule has 2 N–H and O–H groups in total. The minimum absolute atomic E-state index is 0.0737. The highest BCUT2D eigenvalue weighted by Crippen LogP contribution is 2.65. The van der Waals surface area contributed by atoms with Gasteiger partial charge in [-0.05, 0) is 61.7 Å². The zero-order valence-electron chi connectivity index (χ0n) is 14.2. The zero-order chi connectivity index (χ0) is 16.6. The smallest absolute Gasteiger partial charge is 0.137 e. The Morgan fingerprint density at radius 2 is 1.78 bits per heavy atom. The Hall–Kier alpha value is -0.480. The number of hydrogen-bond acceptors (Lipinski definition) is 3. The van der Waals surface area contributed by atoms with Crippen LogP contribution in [0.25, 0.3) is 0 Å². The molecule has 0 heterocycles. The monoisotopic (exact) mass is 324 g/mol. The minimum Gasteiger partial charge on any atom is -0.393 e. The summed E-state index contributed by atoms with van der Waals surface area (Å²) in [5.41, 5.74) is -0.664. The summed E-state index contributed by atoms with van der Waals surface area (Å²) in [5.74, 6) is 0.320. The summed E-state index contributed by atoms with van der Waals surface area (Å²) in [7, 11) is 0. The van der Waals surface area contributed by atoms with Crippen molar-refractivity contribution in [3.05, 3.63) is 0 Å². The minimum atomic E-state index is -0.927. The Morgan fingerprint density at radius 3 is 2.52 bits per heavy atom. The molecule has 4 fully saturated rings. The highest BCUT2D eigenvalue weighted by atomic mass is 19.1. The Labute approximate surface area is 137 Å². The number of Topliss-reactive ketones (excluding diaryl/α,β-unsaturated/α-hetero) is 1. The van der Waals surface area contributed by atoms with Crippen LogP contribution >= 0.6 is 0 Å². The molecule has 130 valence electrons. The summed E-state index contributed by atoms with van der Waals surface area (Å²) in [6, 6.07) is 0. The summed E-state index contributed by atoms with van der Waals surface area (Å²) >= 11 is 0. The molecule has 0 spiro atoms. The first-order valence-electron chi connectivity index (χ1n) is 9.30. The van der Waals surface area contributed by atoms with Gasteiger partial charge in [0.25, 0.3) is 0 Å². The van der Waals surface area contributed by atoms with Crippen molar-refractivity contribution in [2.24, 2.45) is 34.5 Å². The lowest BCUT2D eigenvalue weighted by atomic mass is 9.44. The fraction of sp³-hybridized carbons (Fsp3) is 0.947. The van der Waals surface area contributed by atoms with Gasteiger partial charge in [0.2, 0.25) is 0 Å². The fourth-order valence-corrected chi connectivity index (χ4v) is 7.02. The lowest BCUT2D eigenvalue weighted by molar-refractivity contribution is -0.174. The third kappa shape index (κ3) is 2.03. The van der Waals surface area contributed by atoms with Crippen molar-refractivity contribution >= 4 is 5.78 Å². The number of ketones is 1. The van der Waals surface area contributed by atoms with E-state index in [9.17, 15) is 15.0 Å². The highest BCUT2D eigenvalue weighted by molar-refractivity contribution is 5.84. The molecule has 9 atom stereocenters. The summed E-state index contributed by atoms with van der Waals surface area (Å²) < 4.78 is 15.0. The van der Waals surface area contributed by atoms with Crippen LogP contribution in [0.3, 0.4) is 0 Å². The molecule has 23 heavy (non-hydrogen) atoms. The van der Waals surface area contributed by atoms with Gasteiger partial charge in [-0.2, -0.15) is 0 Å². The van der Waals surface area contributed by atoms with Crippen molar-refractivity contribution in [1.82, 2.24) is 0 Å². The van der Waals surface area contributed by atoms with Gasteiger partial charge in [0.05, 0.1) is 12.2 Å². The molecule has 4 saturated carbocycles. The first kappa shape index (κ1) is 16.0. The van der Waals surface area contributed by atoms with Crippen molar-refractivity contribution in [3.63, 3.8) is 0 Å². The van der Waals surface area contributed by atoms with E-state index in [2.05, 4.69) is 6.92 Å². The first-order chi connectivity index (χ1) is 10.8. The lowest BCUT2D eigenvalue weighted by Gasteiger charge is -2.60. The average Bonchev–Trinajstić information content (AvgIpc) is 2.76. The van der Waals surface area contributed by atoms with Gasteiger partial charge in [-0.25, -0.2) is 4.39 Å². The number of carbonyl (C=O) groups is 1. The number of halogens is 1. The third-order valence-corrected chi connectivity index (χ3v) is 8.24. The molecular weight excluding hydrogens is 295 g/mol. The maximum Gasteiger partial charge on any atom is 0.137 e. The Kier molecular flexibility index (Phi) is 3.49. The number of fused-ring (bicyclic) bond motifs is 5. The molecule has 0 aromatic heterocycles. The van der Waals surface area contributed by atoms with Crippen LogP contribution in [0, 0.1) is 34.5 Å². The number of carbonyl (C=O) groups excluding carboxylic acids is 1. The molecule has 0 aromatic carbocycles. The van der Waals surface area contributed by atoms with E-state index in [-0.39, 0.29) is 40.3 Å². The number of aliphatic hydroxyl groups excluding tert-OH is 2. The third-order valence-electron chi connectivity index (χ3n) is 8.24. The predicted octanol–water partition coefficient (Wildman–Crippen LogP) is 2.88. The largest absolute Gasteiger partial charge is 0.393 e. The lowest BCUT2D eigenvalue weighted by Crippen LogP contribution is -2.60. The number of hydrogen-bond donors (Lipinski definition) is 2. The van der Waals surface area contributed by atoms with E-state index in [4.69, 9.17) is 0 Å². The van der Waals surface area contributed by atoms with E-state index in [0.29, 0.717) is 25.7 Å². The van der Waals surface area contributed by atoms with Crippen LogP contribution in [0.5, 0.6) is 0 Å². The number of alkyl halides is 1. The summed E-state index contributed by atoms with van der Waals surface area (Å²) in [6.07, 6.45) is 2.71. The molecule has 0 aliphatic heterocycles. The van der Waals surface area contributed by atoms with Gasteiger partial charge in [0.15, 0.2) is 0 Å². The molecule has 4 heteroatoms. The van der Waals surface area contributed by atoms with Crippen LogP contribution < -0.4 is 0 Å². The molecule has 0 bridgehead atoms. The maximum absolute atomic E-state index is 15.0. The second-order valence-electron chi connectivity index (χ2n) is 9.28. The molecule has 0 radical (unpaired) electrons. The van der Waals surface area contributed by atoms with Gasteiger partial charge in [-0.15, -0.1) is 0 Å². The topological polar surface area (TPSA) is 57.5 Å². The predicted molar refractivity (Wildman–Crippen MR) is 84.4 cm³/mol. The maximum atomic E-state index is 15.0. The quantitative estimate of drug-likeness (QED) is 0.720. The Balaban J connectivity index is 1.73. The molecule has 3 nitrogen and oxygen atoms in total. The van der Waals surface area contributed by atoms with Crippen LogP contribution in [-0.2, 0) is 4.79 Å². The number of rotatable bonds is 0. The fourth-order valence-electron chi connectivity index (χ4n) is 7.02. The molecule has 4 rings (SSSR count). The first-order valence-corrected chi connectivity index (χ1v) is 9.30. The van der Waals surface area contributed by atoms with E-state index >= 15 is 4.39 Å². The summed E-state index contributed by atoms with van der Waals surface area (Å²) in [4.78, 5) is 13.1. The van der Waals surface area contributed by atoms with Crippen LogP contribution in [0.4, 0.5) is 4.39 Å². The van der Waals surface area contributed by atoms with Gasteiger partial charge in [-0.1, -0.05) is 13.8 Å². The van der Waals surface area contributed by atoms with Gasteiger partial charge >= 0.3 is 0 Å². The molecule has 0 saturated heterocycles. The molecule has 0 amide bonds. The van der Waals surface area contributed by atoms with Crippen molar-refractivity contribution in [2.45, 2.75) is 77.2 Å². The molecule has 4 aliphatic rings. The molecular formula is C19H29FO3. The normalized spacial score (nSPS) is 59.2. The van der Waals surface area contributed by atoms with Crippen LogP contribution in [-0.4, -0.2) is 34.4 Å². The van der Waals surface area contributed by atoms with Crippen molar-refractivity contribution in [1.29, 1.82) is 0 Å².